The summed E-state index contributed by atoms with van der Waals surface area (Å²) in [7, 11) is 0. The molecule has 0 spiro atoms. The first-order valence-corrected chi connectivity index (χ1v) is 8.04. The number of hydrogen-bond acceptors (Lipinski definition) is 3. The van der Waals surface area contributed by atoms with Crippen LogP contribution >= 0.6 is 0 Å². The van der Waals surface area contributed by atoms with E-state index in [1.807, 2.05) is 31.2 Å². The molecule has 0 radical (unpaired) electrons. The molecule has 21 heavy (non-hydrogen) atoms. The van der Waals surface area contributed by atoms with E-state index in [1.54, 1.807) is 0 Å². The highest BCUT2D eigenvalue weighted by Crippen LogP contribution is 2.47. The van der Waals surface area contributed by atoms with E-state index in [0.29, 0.717) is 6.54 Å². The predicted octanol–water partition coefficient (Wildman–Crippen LogP) is 4.07. The van der Waals surface area contributed by atoms with Gasteiger partial charge in [0.2, 0.25) is 0 Å². The molecular weight excluding hydrogens is 262 g/mol. The maximum atomic E-state index is 11.1. The molecule has 114 valence electrons. The summed E-state index contributed by atoms with van der Waals surface area (Å²) >= 11 is 0. The molecule has 2 aromatic rings. The predicted molar refractivity (Wildman–Crippen MR) is 85.1 cm³/mol. The van der Waals surface area contributed by atoms with Crippen LogP contribution in [0, 0.1) is 12.3 Å². The molecule has 3 heteroatoms. The normalized spacial score (nSPS) is 20.3. The number of benzene rings is 1. The lowest BCUT2D eigenvalue weighted by Crippen LogP contribution is -2.36. The second-order valence-electron chi connectivity index (χ2n) is 6.45. The number of aryl methyl sites for hydroxylation is 1. The van der Waals surface area contributed by atoms with Crippen LogP contribution in [-0.2, 0) is 0 Å². The summed E-state index contributed by atoms with van der Waals surface area (Å²) in [6, 6.07) is 7.95. The number of rotatable bonds is 3. The highest BCUT2D eigenvalue weighted by molar-refractivity contribution is 5.82. The van der Waals surface area contributed by atoms with Gasteiger partial charge >= 0.3 is 0 Å². The molecule has 1 unspecified atom stereocenters. The molecular formula is C18H25NO2. The van der Waals surface area contributed by atoms with Gasteiger partial charge in [0.05, 0.1) is 6.10 Å². The molecule has 1 atom stereocenters. The first-order valence-electron chi connectivity index (χ1n) is 8.04. The van der Waals surface area contributed by atoms with E-state index in [2.05, 4.69) is 0 Å². The topological polar surface area (TPSA) is 59.4 Å². The zero-order valence-electron chi connectivity index (χ0n) is 12.8. The zero-order chi connectivity index (χ0) is 14.9. The van der Waals surface area contributed by atoms with Crippen LogP contribution in [0.2, 0.25) is 0 Å². The lowest BCUT2D eigenvalue weighted by atomic mass is 9.72. The fourth-order valence-corrected chi connectivity index (χ4v) is 3.86. The van der Waals surface area contributed by atoms with Crippen molar-refractivity contribution in [3.63, 3.8) is 0 Å². The van der Waals surface area contributed by atoms with Gasteiger partial charge in [-0.05, 0) is 25.8 Å². The van der Waals surface area contributed by atoms with Crippen molar-refractivity contribution in [3.8, 4) is 0 Å². The summed E-state index contributed by atoms with van der Waals surface area (Å²) in [6.07, 6.45) is 6.28. The summed E-state index contributed by atoms with van der Waals surface area (Å²) in [5, 5.41) is 12.2. The van der Waals surface area contributed by atoms with Gasteiger partial charge in [-0.1, -0.05) is 43.9 Å². The van der Waals surface area contributed by atoms with Gasteiger partial charge in [0.25, 0.3) is 0 Å². The van der Waals surface area contributed by atoms with E-state index in [0.717, 1.165) is 48.0 Å². The third kappa shape index (κ3) is 2.49. The Bertz CT molecular complexity index is 609. The summed E-state index contributed by atoms with van der Waals surface area (Å²) in [6.45, 7) is 2.48. The van der Waals surface area contributed by atoms with Gasteiger partial charge in [-0.15, -0.1) is 0 Å². The standard InChI is InChI=1S/C18H25NO2/c1-13-16(14-8-4-5-9-15(14)21-13)17(20)18(12-19)10-6-2-3-7-11-18/h4-5,8-9,17,20H,2-3,6-7,10-12,19H2,1H3. The first kappa shape index (κ1) is 14.6. The largest absolute Gasteiger partial charge is 0.461 e. The minimum atomic E-state index is -0.538. The van der Waals surface area contributed by atoms with Crippen molar-refractivity contribution < 1.29 is 9.52 Å². The fourth-order valence-electron chi connectivity index (χ4n) is 3.86. The third-order valence-corrected chi connectivity index (χ3v) is 5.18. The van der Waals surface area contributed by atoms with Gasteiger partial charge in [0.1, 0.15) is 11.3 Å². The second-order valence-corrected chi connectivity index (χ2v) is 6.45. The SMILES string of the molecule is Cc1oc2ccccc2c1C(O)C1(CN)CCCCCC1. The Hall–Kier alpha value is -1.32. The molecule has 1 aromatic carbocycles. The van der Waals surface area contributed by atoms with Crippen molar-refractivity contribution >= 4 is 11.0 Å². The van der Waals surface area contributed by atoms with E-state index in [1.165, 1.54) is 12.8 Å². The third-order valence-electron chi connectivity index (χ3n) is 5.18. The number of aliphatic hydroxyl groups excluding tert-OH is 1. The molecule has 3 N–H and O–H groups in total. The van der Waals surface area contributed by atoms with E-state index in [9.17, 15) is 5.11 Å². The van der Waals surface area contributed by atoms with Crippen LogP contribution in [0.5, 0.6) is 0 Å². The van der Waals surface area contributed by atoms with Crippen LogP contribution in [0.4, 0.5) is 0 Å². The first-order chi connectivity index (χ1) is 10.2. The quantitative estimate of drug-likeness (QED) is 0.836. The Balaban J connectivity index is 2.05. The van der Waals surface area contributed by atoms with Crippen LogP contribution in [-0.4, -0.2) is 11.7 Å². The van der Waals surface area contributed by atoms with Gasteiger partial charge < -0.3 is 15.3 Å². The van der Waals surface area contributed by atoms with Crippen molar-refractivity contribution in [2.75, 3.05) is 6.54 Å². The molecule has 1 aliphatic carbocycles. The second kappa shape index (κ2) is 5.82. The molecule has 3 rings (SSSR count). The number of furan rings is 1. The average molecular weight is 287 g/mol. The maximum Gasteiger partial charge on any atom is 0.134 e. The van der Waals surface area contributed by atoms with E-state index < -0.39 is 6.10 Å². The van der Waals surface area contributed by atoms with Crippen molar-refractivity contribution in [2.45, 2.75) is 51.6 Å². The van der Waals surface area contributed by atoms with Gasteiger partial charge in [-0.25, -0.2) is 0 Å². The lowest BCUT2D eigenvalue weighted by Gasteiger charge is -2.36. The molecule has 0 saturated heterocycles. The van der Waals surface area contributed by atoms with Gasteiger partial charge in [-0.2, -0.15) is 0 Å². The van der Waals surface area contributed by atoms with Crippen molar-refractivity contribution in [1.29, 1.82) is 0 Å². The van der Waals surface area contributed by atoms with Crippen LogP contribution in [0.1, 0.15) is 56.0 Å². The molecule has 3 nitrogen and oxygen atoms in total. The van der Waals surface area contributed by atoms with Gasteiger partial charge in [0.15, 0.2) is 0 Å². The summed E-state index contributed by atoms with van der Waals surface area (Å²) in [5.74, 6) is 0.820. The highest BCUT2D eigenvalue weighted by atomic mass is 16.3. The van der Waals surface area contributed by atoms with Crippen LogP contribution < -0.4 is 5.73 Å². The molecule has 1 aromatic heterocycles. The molecule has 1 saturated carbocycles. The van der Waals surface area contributed by atoms with Gasteiger partial charge in [0, 0.05) is 22.9 Å². The minimum absolute atomic E-state index is 0.200. The van der Waals surface area contributed by atoms with E-state index in [-0.39, 0.29) is 5.41 Å². The highest BCUT2D eigenvalue weighted by Gasteiger charge is 2.40. The monoisotopic (exact) mass is 287 g/mol. The van der Waals surface area contributed by atoms with E-state index in [4.69, 9.17) is 10.2 Å². The maximum absolute atomic E-state index is 11.1. The molecule has 0 aliphatic heterocycles. The summed E-state index contributed by atoms with van der Waals surface area (Å²) in [4.78, 5) is 0. The average Bonchev–Trinajstić information content (AvgIpc) is 2.68. The molecule has 0 amide bonds. The number of hydrogen-bond donors (Lipinski definition) is 2. The molecule has 1 aliphatic rings. The van der Waals surface area contributed by atoms with Crippen molar-refractivity contribution in [2.24, 2.45) is 11.1 Å². The van der Waals surface area contributed by atoms with Crippen molar-refractivity contribution in [3.05, 3.63) is 35.6 Å². The number of aliphatic hydroxyl groups is 1. The van der Waals surface area contributed by atoms with Crippen LogP contribution in [0.15, 0.2) is 28.7 Å². The number of para-hydroxylation sites is 1. The Kier molecular flexibility index (Phi) is 4.05. The summed E-state index contributed by atoms with van der Waals surface area (Å²) < 4.78 is 5.83. The van der Waals surface area contributed by atoms with E-state index >= 15 is 0 Å². The molecule has 0 bridgehead atoms. The fraction of sp³-hybridized carbons (Fsp3) is 0.556. The van der Waals surface area contributed by atoms with Gasteiger partial charge in [-0.3, -0.25) is 0 Å². The zero-order valence-corrected chi connectivity index (χ0v) is 12.8. The van der Waals surface area contributed by atoms with Crippen LogP contribution in [0.3, 0.4) is 0 Å². The number of fused-ring (bicyclic) bond motifs is 1. The minimum Gasteiger partial charge on any atom is -0.461 e. The van der Waals surface area contributed by atoms with Crippen LogP contribution in [0.25, 0.3) is 11.0 Å². The Morgan fingerprint density at radius 3 is 2.52 bits per heavy atom. The Morgan fingerprint density at radius 1 is 1.19 bits per heavy atom. The molecule has 1 heterocycles. The Labute approximate surface area is 126 Å². The molecule has 1 fully saturated rings. The summed E-state index contributed by atoms with van der Waals surface area (Å²) in [5.41, 5.74) is 7.71. The smallest absolute Gasteiger partial charge is 0.134 e. The van der Waals surface area contributed by atoms with Crippen molar-refractivity contribution in [1.82, 2.24) is 0 Å². The Morgan fingerprint density at radius 2 is 1.86 bits per heavy atom. The lowest BCUT2D eigenvalue weighted by molar-refractivity contribution is 0.0166. The number of nitrogens with two attached hydrogens (primary N) is 1.